The summed E-state index contributed by atoms with van der Waals surface area (Å²) in [6.45, 7) is 2.57. The third kappa shape index (κ3) is 1.89. The van der Waals surface area contributed by atoms with Crippen molar-refractivity contribution < 1.29 is 9.66 Å². The maximum Gasteiger partial charge on any atom is 0.272 e. The summed E-state index contributed by atoms with van der Waals surface area (Å²) >= 11 is 0. The van der Waals surface area contributed by atoms with Crippen LogP contribution in [0.1, 0.15) is 24.8 Å². The highest BCUT2D eigenvalue weighted by atomic mass is 16.6. The van der Waals surface area contributed by atoms with Gasteiger partial charge in [0.2, 0.25) is 0 Å². The van der Waals surface area contributed by atoms with Crippen LogP contribution in [0.2, 0.25) is 0 Å². The zero-order valence-corrected chi connectivity index (χ0v) is 10.2. The summed E-state index contributed by atoms with van der Waals surface area (Å²) in [6, 6.07) is 3.31. The number of hydrogen-bond acceptors (Lipinski definition) is 4. The van der Waals surface area contributed by atoms with Crippen LogP contribution in [0.4, 0.5) is 11.4 Å². The molecular weight excluding hydrogens is 232 g/mol. The molecule has 0 aliphatic carbocycles. The van der Waals surface area contributed by atoms with Crippen molar-refractivity contribution in [2.75, 3.05) is 24.6 Å². The Labute approximate surface area is 106 Å². The van der Waals surface area contributed by atoms with Gasteiger partial charge in [0.05, 0.1) is 17.2 Å². The summed E-state index contributed by atoms with van der Waals surface area (Å²) in [6.07, 6.45) is 4.32. The second-order valence-electron chi connectivity index (χ2n) is 4.86. The Morgan fingerprint density at radius 3 is 2.72 bits per heavy atom. The standard InChI is InChI=1S/C13H16N2O3/c16-15(17)11-8-10-4-7-18-13(10)12(9-11)14-5-2-1-3-6-14/h8-9H,1-7H2. The van der Waals surface area contributed by atoms with Crippen molar-refractivity contribution in [3.63, 3.8) is 0 Å². The summed E-state index contributed by atoms with van der Waals surface area (Å²) in [5.74, 6) is 0.863. The first-order valence-corrected chi connectivity index (χ1v) is 6.45. The summed E-state index contributed by atoms with van der Waals surface area (Å²) in [4.78, 5) is 12.9. The quantitative estimate of drug-likeness (QED) is 0.596. The molecule has 1 saturated heterocycles. The molecule has 1 aromatic carbocycles. The van der Waals surface area contributed by atoms with Crippen molar-refractivity contribution in [1.29, 1.82) is 0 Å². The van der Waals surface area contributed by atoms with Crippen molar-refractivity contribution in [1.82, 2.24) is 0 Å². The number of piperidine rings is 1. The van der Waals surface area contributed by atoms with Gasteiger partial charge in [-0.1, -0.05) is 0 Å². The van der Waals surface area contributed by atoms with E-state index in [1.165, 1.54) is 6.42 Å². The highest BCUT2D eigenvalue weighted by molar-refractivity contribution is 5.68. The van der Waals surface area contributed by atoms with Crippen molar-refractivity contribution in [3.05, 3.63) is 27.8 Å². The average molecular weight is 248 g/mol. The Hall–Kier alpha value is -1.78. The fraction of sp³-hybridized carbons (Fsp3) is 0.538. The number of ether oxygens (including phenoxy) is 1. The highest BCUT2D eigenvalue weighted by Crippen LogP contribution is 2.40. The molecule has 5 nitrogen and oxygen atoms in total. The number of nitro benzene ring substituents is 1. The summed E-state index contributed by atoms with van der Waals surface area (Å²) in [7, 11) is 0. The predicted molar refractivity (Wildman–Crippen MR) is 68.4 cm³/mol. The molecule has 1 aromatic rings. The molecule has 2 aliphatic heterocycles. The molecule has 0 bridgehead atoms. The molecule has 18 heavy (non-hydrogen) atoms. The largest absolute Gasteiger partial charge is 0.491 e. The van der Waals surface area contributed by atoms with E-state index in [4.69, 9.17) is 4.74 Å². The molecular formula is C13H16N2O3. The van der Waals surface area contributed by atoms with Crippen LogP contribution in [-0.2, 0) is 6.42 Å². The van der Waals surface area contributed by atoms with E-state index in [1.54, 1.807) is 12.1 Å². The van der Waals surface area contributed by atoms with Gasteiger partial charge in [-0.05, 0) is 19.3 Å². The molecule has 96 valence electrons. The van der Waals surface area contributed by atoms with Crippen molar-refractivity contribution >= 4 is 11.4 Å². The first-order chi connectivity index (χ1) is 8.75. The van der Waals surface area contributed by atoms with Gasteiger partial charge in [0.1, 0.15) is 5.75 Å². The normalized spacial score (nSPS) is 18.3. The molecule has 0 N–H and O–H groups in total. The SMILES string of the molecule is O=[N+]([O-])c1cc2c(c(N3CCCCC3)c1)OCC2. The number of nitrogens with zero attached hydrogens (tertiary/aromatic N) is 2. The smallest absolute Gasteiger partial charge is 0.272 e. The van der Waals surface area contributed by atoms with Crippen LogP contribution in [0.25, 0.3) is 0 Å². The Morgan fingerprint density at radius 1 is 1.22 bits per heavy atom. The van der Waals surface area contributed by atoms with E-state index >= 15 is 0 Å². The van der Waals surface area contributed by atoms with Crippen LogP contribution in [0, 0.1) is 10.1 Å². The second kappa shape index (κ2) is 4.48. The monoisotopic (exact) mass is 248 g/mol. The molecule has 0 aromatic heterocycles. The van der Waals surface area contributed by atoms with Gasteiger partial charge >= 0.3 is 0 Å². The fourth-order valence-electron chi connectivity index (χ4n) is 2.75. The molecule has 1 fully saturated rings. The van der Waals surface area contributed by atoms with Crippen molar-refractivity contribution in [2.45, 2.75) is 25.7 Å². The fourth-order valence-corrected chi connectivity index (χ4v) is 2.75. The predicted octanol–water partition coefficient (Wildman–Crippen LogP) is 2.52. The molecule has 3 rings (SSSR count). The van der Waals surface area contributed by atoms with Gasteiger partial charge in [-0.2, -0.15) is 0 Å². The van der Waals surface area contributed by atoms with Gasteiger partial charge in [0, 0.05) is 37.2 Å². The molecule has 5 heteroatoms. The van der Waals surface area contributed by atoms with Crippen LogP contribution < -0.4 is 9.64 Å². The van der Waals surface area contributed by atoms with Gasteiger partial charge in [-0.15, -0.1) is 0 Å². The summed E-state index contributed by atoms with van der Waals surface area (Å²) < 4.78 is 5.65. The number of non-ortho nitro benzene ring substituents is 1. The molecule has 0 amide bonds. The Balaban J connectivity index is 2.03. The number of fused-ring (bicyclic) bond motifs is 1. The molecule has 0 spiro atoms. The minimum absolute atomic E-state index is 0.180. The van der Waals surface area contributed by atoms with Crippen molar-refractivity contribution in [2.24, 2.45) is 0 Å². The third-order valence-electron chi connectivity index (χ3n) is 3.66. The summed E-state index contributed by atoms with van der Waals surface area (Å²) in [5, 5.41) is 11.0. The molecule has 2 aliphatic rings. The number of benzene rings is 1. The number of nitro groups is 1. The Bertz CT molecular complexity index is 481. The van der Waals surface area contributed by atoms with Crippen LogP contribution in [0.15, 0.2) is 12.1 Å². The van der Waals surface area contributed by atoms with Gasteiger partial charge in [-0.25, -0.2) is 0 Å². The van der Waals surface area contributed by atoms with Gasteiger partial charge < -0.3 is 9.64 Å². The number of rotatable bonds is 2. The molecule has 0 radical (unpaired) electrons. The molecule has 0 atom stereocenters. The van der Waals surface area contributed by atoms with Crippen LogP contribution in [0.3, 0.4) is 0 Å². The third-order valence-corrected chi connectivity index (χ3v) is 3.66. The lowest BCUT2D eigenvalue weighted by Gasteiger charge is -2.29. The zero-order valence-electron chi connectivity index (χ0n) is 10.2. The van der Waals surface area contributed by atoms with E-state index in [0.717, 1.165) is 49.4 Å². The van der Waals surface area contributed by atoms with Crippen LogP contribution >= 0.6 is 0 Å². The Morgan fingerprint density at radius 2 is 2.00 bits per heavy atom. The lowest BCUT2D eigenvalue weighted by Crippen LogP contribution is -2.29. The minimum Gasteiger partial charge on any atom is -0.491 e. The maximum absolute atomic E-state index is 11.0. The van der Waals surface area contributed by atoms with Crippen LogP contribution in [-0.4, -0.2) is 24.6 Å². The van der Waals surface area contributed by atoms with Gasteiger partial charge in [0.15, 0.2) is 0 Å². The molecule has 0 saturated carbocycles. The summed E-state index contributed by atoms with van der Waals surface area (Å²) in [5.41, 5.74) is 2.07. The van der Waals surface area contributed by atoms with E-state index < -0.39 is 0 Å². The molecule has 0 unspecified atom stereocenters. The van der Waals surface area contributed by atoms with E-state index in [9.17, 15) is 10.1 Å². The highest BCUT2D eigenvalue weighted by Gasteiger charge is 2.25. The first kappa shape index (κ1) is 11.3. The second-order valence-corrected chi connectivity index (χ2v) is 4.86. The topological polar surface area (TPSA) is 55.6 Å². The van der Waals surface area contributed by atoms with Gasteiger partial charge in [-0.3, -0.25) is 10.1 Å². The lowest BCUT2D eigenvalue weighted by molar-refractivity contribution is -0.384. The van der Waals surface area contributed by atoms with Crippen molar-refractivity contribution in [3.8, 4) is 5.75 Å². The molecule has 2 heterocycles. The number of hydrogen-bond donors (Lipinski definition) is 0. The maximum atomic E-state index is 11.0. The average Bonchev–Trinajstić information content (AvgIpc) is 2.86. The van der Waals surface area contributed by atoms with E-state index in [0.29, 0.717) is 6.61 Å². The first-order valence-electron chi connectivity index (χ1n) is 6.45. The minimum atomic E-state index is -0.313. The number of anilines is 1. The van der Waals surface area contributed by atoms with E-state index in [1.807, 2.05) is 0 Å². The van der Waals surface area contributed by atoms with Crippen LogP contribution in [0.5, 0.6) is 5.75 Å². The Kier molecular flexibility index (Phi) is 2.81. The lowest BCUT2D eigenvalue weighted by atomic mass is 10.1. The zero-order chi connectivity index (χ0) is 12.5. The van der Waals surface area contributed by atoms with Gasteiger partial charge in [0.25, 0.3) is 5.69 Å². The van der Waals surface area contributed by atoms with E-state index in [-0.39, 0.29) is 10.6 Å². The van der Waals surface area contributed by atoms with E-state index in [2.05, 4.69) is 4.90 Å².